The van der Waals surface area contributed by atoms with Gasteiger partial charge in [0.15, 0.2) is 11.7 Å². The first-order valence-corrected chi connectivity index (χ1v) is 11.0. The number of rotatable bonds is 7. The Hall–Kier alpha value is -3.67. The SMILES string of the molecule is Cc1c(C(=O)c2ccc(C#N)cc2CN=C(N)N)c2ccccc2n1CCN1CCOCC1. The zero-order chi connectivity index (χ0) is 23.4. The smallest absolute Gasteiger partial charge is 0.195 e. The quantitative estimate of drug-likeness (QED) is 0.327. The third kappa shape index (κ3) is 4.75. The van der Waals surface area contributed by atoms with E-state index in [0.717, 1.165) is 56.0 Å². The van der Waals surface area contributed by atoms with Crippen LogP contribution in [0.1, 0.15) is 32.7 Å². The molecule has 0 saturated carbocycles. The van der Waals surface area contributed by atoms with Crippen molar-refractivity contribution in [3.05, 3.63) is 70.4 Å². The second kappa shape index (κ2) is 9.86. The van der Waals surface area contributed by atoms with Crippen LogP contribution in [0, 0.1) is 18.3 Å². The Balaban J connectivity index is 1.74. The fraction of sp³-hybridized carbons (Fsp3) is 0.320. The van der Waals surface area contributed by atoms with Crippen LogP contribution in [0.2, 0.25) is 0 Å². The van der Waals surface area contributed by atoms with E-state index in [1.165, 1.54) is 0 Å². The van der Waals surface area contributed by atoms with E-state index in [4.69, 9.17) is 16.2 Å². The molecule has 0 amide bonds. The van der Waals surface area contributed by atoms with Crippen molar-refractivity contribution in [3.8, 4) is 6.07 Å². The number of aliphatic imine (C=N–C) groups is 1. The summed E-state index contributed by atoms with van der Waals surface area (Å²) < 4.78 is 7.67. The van der Waals surface area contributed by atoms with Gasteiger partial charge in [0, 0.05) is 48.3 Å². The van der Waals surface area contributed by atoms with Crippen LogP contribution in [0.15, 0.2) is 47.5 Å². The third-order valence-electron chi connectivity index (χ3n) is 6.11. The molecule has 4 rings (SSSR count). The van der Waals surface area contributed by atoms with E-state index in [-0.39, 0.29) is 18.3 Å². The summed E-state index contributed by atoms with van der Waals surface area (Å²) in [6.07, 6.45) is 0. The minimum absolute atomic E-state index is 0.0633. The zero-order valence-corrected chi connectivity index (χ0v) is 18.8. The minimum Gasteiger partial charge on any atom is -0.379 e. The molecule has 2 heterocycles. The van der Waals surface area contributed by atoms with Gasteiger partial charge in [-0.2, -0.15) is 5.26 Å². The van der Waals surface area contributed by atoms with Gasteiger partial charge in [0.05, 0.1) is 37.0 Å². The van der Waals surface area contributed by atoms with E-state index < -0.39 is 0 Å². The highest BCUT2D eigenvalue weighted by Gasteiger charge is 2.23. The Morgan fingerprint density at radius 1 is 1.15 bits per heavy atom. The van der Waals surface area contributed by atoms with E-state index >= 15 is 0 Å². The fourth-order valence-electron chi connectivity index (χ4n) is 4.40. The van der Waals surface area contributed by atoms with E-state index in [9.17, 15) is 10.1 Å². The average Bonchev–Trinajstić information content (AvgIpc) is 3.12. The maximum atomic E-state index is 13.8. The predicted molar refractivity (Wildman–Crippen MR) is 128 cm³/mol. The number of guanidine groups is 1. The van der Waals surface area contributed by atoms with Gasteiger partial charge >= 0.3 is 0 Å². The molecule has 33 heavy (non-hydrogen) atoms. The molecule has 1 aliphatic rings. The van der Waals surface area contributed by atoms with Crippen LogP contribution in [0.25, 0.3) is 10.9 Å². The Labute approximate surface area is 193 Å². The predicted octanol–water partition coefficient (Wildman–Crippen LogP) is 2.16. The molecule has 0 aliphatic carbocycles. The second-order valence-corrected chi connectivity index (χ2v) is 8.14. The summed E-state index contributed by atoms with van der Waals surface area (Å²) in [7, 11) is 0. The highest BCUT2D eigenvalue weighted by molar-refractivity contribution is 6.18. The van der Waals surface area contributed by atoms with E-state index in [1.807, 2.05) is 25.1 Å². The number of morpholine rings is 1. The van der Waals surface area contributed by atoms with Crippen LogP contribution < -0.4 is 11.5 Å². The number of nitriles is 1. The van der Waals surface area contributed by atoms with Gasteiger partial charge < -0.3 is 20.8 Å². The molecule has 4 N–H and O–H groups in total. The number of benzene rings is 2. The number of nitrogens with zero attached hydrogens (tertiary/aromatic N) is 4. The van der Waals surface area contributed by atoms with Crippen LogP contribution >= 0.6 is 0 Å². The maximum absolute atomic E-state index is 13.8. The summed E-state index contributed by atoms with van der Waals surface area (Å²) in [5.41, 5.74) is 15.2. The normalized spacial score (nSPS) is 14.2. The van der Waals surface area contributed by atoms with Crippen molar-refractivity contribution in [1.82, 2.24) is 9.47 Å². The lowest BCUT2D eigenvalue weighted by Crippen LogP contribution is -2.38. The van der Waals surface area contributed by atoms with Gasteiger partial charge in [-0.1, -0.05) is 18.2 Å². The fourth-order valence-corrected chi connectivity index (χ4v) is 4.40. The summed E-state index contributed by atoms with van der Waals surface area (Å²) in [5, 5.41) is 10.2. The number of carbonyl (C=O) groups excluding carboxylic acids is 1. The third-order valence-corrected chi connectivity index (χ3v) is 6.11. The Morgan fingerprint density at radius 2 is 1.91 bits per heavy atom. The first-order chi connectivity index (χ1) is 16.0. The highest BCUT2D eigenvalue weighted by atomic mass is 16.5. The van der Waals surface area contributed by atoms with Gasteiger partial charge in [-0.05, 0) is 36.8 Å². The molecule has 8 heteroatoms. The molecule has 1 aromatic heterocycles. The van der Waals surface area contributed by atoms with Crippen LogP contribution in [0.3, 0.4) is 0 Å². The van der Waals surface area contributed by atoms with E-state index in [2.05, 4.69) is 26.6 Å². The molecule has 3 aromatic rings. The molecule has 0 bridgehead atoms. The first kappa shape index (κ1) is 22.5. The largest absolute Gasteiger partial charge is 0.379 e. The maximum Gasteiger partial charge on any atom is 0.195 e. The molecular formula is C25H28N6O2. The van der Waals surface area contributed by atoms with Gasteiger partial charge in [-0.15, -0.1) is 0 Å². The molecule has 1 aliphatic heterocycles. The molecule has 0 spiro atoms. The van der Waals surface area contributed by atoms with E-state index in [0.29, 0.717) is 22.3 Å². The van der Waals surface area contributed by atoms with Crippen molar-refractivity contribution >= 4 is 22.6 Å². The van der Waals surface area contributed by atoms with Gasteiger partial charge in [-0.3, -0.25) is 9.69 Å². The van der Waals surface area contributed by atoms with Gasteiger partial charge in [0.25, 0.3) is 0 Å². The first-order valence-electron chi connectivity index (χ1n) is 11.0. The molecular weight excluding hydrogens is 416 g/mol. The molecule has 1 fully saturated rings. The van der Waals surface area contributed by atoms with Crippen molar-refractivity contribution in [2.75, 3.05) is 32.8 Å². The molecule has 0 unspecified atom stereocenters. The van der Waals surface area contributed by atoms with Gasteiger partial charge in [-0.25, -0.2) is 4.99 Å². The standard InChI is InChI=1S/C25H28N6O2/c1-17-23(24(32)20-7-6-18(15-26)14-19(20)16-29-25(27)28)21-4-2-3-5-22(21)31(17)9-8-30-10-12-33-13-11-30/h2-7,14H,8-13,16H2,1H3,(H4,27,28,29). The van der Waals surface area contributed by atoms with Crippen LogP contribution in [0.5, 0.6) is 0 Å². The monoisotopic (exact) mass is 444 g/mol. The number of fused-ring (bicyclic) bond motifs is 1. The van der Waals surface area contributed by atoms with Crippen LogP contribution in [0.4, 0.5) is 0 Å². The lowest BCUT2D eigenvalue weighted by Gasteiger charge is -2.27. The number of ether oxygens (including phenoxy) is 1. The summed E-state index contributed by atoms with van der Waals surface area (Å²) in [6.45, 7) is 7.15. The number of hydrogen-bond acceptors (Lipinski definition) is 5. The zero-order valence-electron chi connectivity index (χ0n) is 18.8. The number of hydrogen-bond donors (Lipinski definition) is 2. The lowest BCUT2D eigenvalue weighted by molar-refractivity contribution is 0.0365. The minimum atomic E-state index is -0.0981. The average molecular weight is 445 g/mol. The van der Waals surface area contributed by atoms with Crippen molar-refractivity contribution < 1.29 is 9.53 Å². The van der Waals surface area contributed by atoms with Crippen LogP contribution in [-0.2, 0) is 17.8 Å². The summed E-state index contributed by atoms with van der Waals surface area (Å²) in [6, 6.07) is 15.1. The van der Waals surface area contributed by atoms with Crippen molar-refractivity contribution in [2.45, 2.75) is 20.0 Å². The molecule has 0 radical (unpaired) electrons. The Bertz CT molecular complexity index is 1240. The van der Waals surface area contributed by atoms with Gasteiger partial charge in [0.2, 0.25) is 0 Å². The summed E-state index contributed by atoms with van der Waals surface area (Å²) >= 11 is 0. The van der Waals surface area contributed by atoms with Crippen molar-refractivity contribution in [2.24, 2.45) is 16.5 Å². The van der Waals surface area contributed by atoms with Gasteiger partial charge in [0.1, 0.15) is 0 Å². The Kier molecular flexibility index (Phi) is 6.73. The molecule has 170 valence electrons. The second-order valence-electron chi connectivity index (χ2n) is 8.14. The van der Waals surface area contributed by atoms with Crippen molar-refractivity contribution in [3.63, 3.8) is 0 Å². The number of carbonyl (C=O) groups is 1. The topological polar surface area (TPSA) is 123 Å². The Morgan fingerprint density at radius 3 is 2.64 bits per heavy atom. The molecule has 0 atom stereocenters. The number of nitrogens with two attached hydrogens (primary N) is 2. The lowest BCUT2D eigenvalue weighted by atomic mass is 9.95. The van der Waals surface area contributed by atoms with E-state index in [1.54, 1.807) is 18.2 Å². The highest BCUT2D eigenvalue weighted by Crippen LogP contribution is 2.29. The van der Waals surface area contributed by atoms with Crippen LogP contribution in [-0.4, -0.2) is 54.1 Å². The van der Waals surface area contributed by atoms with Crippen molar-refractivity contribution in [1.29, 1.82) is 5.26 Å². The number of para-hydroxylation sites is 1. The molecule has 2 aromatic carbocycles. The molecule has 8 nitrogen and oxygen atoms in total. The summed E-state index contributed by atoms with van der Waals surface area (Å²) in [5.74, 6) is -0.161. The molecule has 1 saturated heterocycles. The number of ketones is 1. The summed E-state index contributed by atoms with van der Waals surface area (Å²) in [4.78, 5) is 20.3. The number of aromatic nitrogens is 1.